The maximum atomic E-state index is 16.1. The number of ether oxygens (including phenoxy) is 2. The standard InChI is InChI=1S/C40H42FN3O7/c1-22(2)15-16-42-29-19-28(41)26-17-25-18-27-33(44(3)4)36-32(39(43-51-36)50-21-24-13-9-6-10-14-24)38(47)40(27,48)37(46)30(25)34(45)31(26)35(29)49-20-23-11-7-5-8-12-23/h5-14,19,22,25,27,33,42,46,48H,15-18,20-21H2,1-4H3/t25-,27-,33-,40-/m0/s1. The predicted octanol–water partition coefficient (Wildman–Crippen LogP) is 6.85. The molecule has 10 nitrogen and oxygen atoms in total. The summed E-state index contributed by atoms with van der Waals surface area (Å²) in [4.78, 5) is 30.9. The second-order valence-electron chi connectivity index (χ2n) is 14.3. The van der Waals surface area contributed by atoms with Gasteiger partial charge in [0.1, 0.15) is 30.4 Å². The molecule has 4 aromatic rings. The number of nitrogens with zero attached hydrogens (tertiary/aromatic N) is 2. The van der Waals surface area contributed by atoms with Crippen LogP contribution in [0.25, 0.3) is 0 Å². The van der Waals surface area contributed by atoms with Crippen LogP contribution in [-0.4, -0.2) is 58.1 Å². The summed E-state index contributed by atoms with van der Waals surface area (Å²) < 4.78 is 34.0. The molecule has 0 radical (unpaired) electrons. The van der Waals surface area contributed by atoms with E-state index in [0.717, 1.165) is 17.5 Å². The number of benzene rings is 3. The summed E-state index contributed by atoms with van der Waals surface area (Å²) in [6.07, 6.45) is 0.935. The number of Topliss-reactive ketones (excluding diaryl/α,β-unsaturated/α-hetero) is 2. The number of ketones is 2. The van der Waals surface area contributed by atoms with Gasteiger partial charge < -0.3 is 29.5 Å². The molecule has 1 heterocycles. The van der Waals surface area contributed by atoms with E-state index >= 15 is 4.39 Å². The van der Waals surface area contributed by atoms with E-state index in [1.54, 1.807) is 19.0 Å². The molecule has 51 heavy (non-hydrogen) atoms. The minimum absolute atomic E-state index is 0.0252. The maximum Gasteiger partial charge on any atom is 0.265 e. The zero-order valence-corrected chi connectivity index (χ0v) is 29.1. The van der Waals surface area contributed by atoms with Gasteiger partial charge in [-0.15, -0.1) is 0 Å². The van der Waals surface area contributed by atoms with Gasteiger partial charge in [-0.3, -0.25) is 14.5 Å². The zero-order valence-electron chi connectivity index (χ0n) is 29.1. The number of carbonyl (C=O) groups excluding carboxylic acids is 2. The molecule has 0 saturated heterocycles. The number of allylic oxidation sites excluding steroid dienone is 1. The number of hydrogen-bond donors (Lipinski definition) is 3. The van der Waals surface area contributed by atoms with Gasteiger partial charge in [0.05, 0.1) is 17.3 Å². The van der Waals surface area contributed by atoms with Crippen LogP contribution in [0.2, 0.25) is 0 Å². The van der Waals surface area contributed by atoms with Crippen molar-refractivity contribution in [3.8, 4) is 11.6 Å². The normalized spacial score (nSPS) is 22.4. The van der Waals surface area contributed by atoms with E-state index in [1.807, 2.05) is 60.7 Å². The first-order valence-electron chi connectivity index (χ1n) is 17.3. The second kappa shape index (κ2) is 13.6. The first-order valence-corrected chi connectivity index (χ1v) is 17.3. The quantitative estimate of drug-likeness (QED) is 0.153. The summed E-state index contributed by atoms with van der Waals surface area (Å²) in [7, 11) is 3.53. The summed E-state index contributed by atoms with van der Waals surface area (Å²) in [5.74, 6) is -3.90. The van der Waals surface area contributed by atoms with E-state index < -0.39 is 46.6 Å². The van der Waals surface area contributed by atoms with Crippen molar-refractivity contribution in [2.45, 2.75) is 58.0 Å². The SMILES string of the molecule is CC(C)CCNc1cc(F)c2c(c1OCc1ccccc1)C(=O)C1=C(O)[C@]3(O)C(=O)c4c(OCc5ccccc5)noc4[C@@H](N(C)C)[C@@H]3C[C@@H]1C2. The summed E-state index contributed by atoms with van der Waals surface area (Å²) in [6.45, 7) is 4.86. The minimum Gasteiger partial charge on any atom is -0.508 e. The van der Waals surface area contributed by atoms with Crippen molar-refractivity contribution >= 4 is 17.3 Å². The number of aliphatic hydroxyl groups excluding tert-OH is 1. The highest BCUT2D eigenvalue weighted by Gasteiger charge is 2.64. The molecule has 0 bridgehead atoms. The lowest BCUT2D eigenvalue weighted by Crippen LogP contribution is -2.59. The van der Waals surface area contributed by atoms with Gasteiger partial charge >= 0.3 is 0 Å². The van der Waals surface area contributed by atoms with Gasteiger partial charge in [0.25, 0.3) is 5.88 Å². The van der Waals surface area contributed by atoms with Crippen LogP contribution < -0.4 is 14.8 Å². The summed E-state index contributed by atoms with van der Waals surface area (Å²) >= 11 is 0. The lowest BCUT2D eigenvalue weighted by atomic mass is 9.58. The minimum atomic E-state index is -2.51. The molecule has 3 N–H and O–H groups in total. The largest absolute Gasteiger partial charge is 0.508 e. The van der Waals surface area contributed by atoms with Crippen molar-refractivity contribution in [3.63, 3.8) is 0 Å². The van der Waals surface area contributed by atoms with E-state index in [0.29, 0.717) is 18.2 Å². The Morgan fingerprint density at radius 2 is 1.67 bits per heavy atom. The number of aliphatic hydroxyl groups is 2. The van der Waals surface area contributed by atoms with Crippen molar-refractivity contribution in [2.24, 2.45) is 17.8 Å². The van der Waals surface area contributed by atoms with Crippen LogP contribution in [0, 0.1) is 23.6 Å². The fourth-order valence-electron chi connectivity index (χ4n) is 7.77. The van der Waals surface area contributed by atoms with Gasteiger partial charge in [-0.1, -0.05) is 74.5 Å². The monoisotopic (exact) mass is 695 g/mol. The third-order valence-electron chi connectivity index (χ3n) is 10.3. The van der Waals surface area contributed by atoms with Crippen molar-refractivity contribution in [2.75, 3.05) is 26.0 Å². The van der Waals surface area contributed by atoms with Crippen molar-refractivity contribution < 1.29 is 38.2 Å². The number of aromatic nitrogens is 1. The Bertz CT molecular complexity index is 1990. The number of carbonyl (C=O) groups is 2. The Morgan fingerprint density at radius 1 is 1.02 bits per heavy atom. The molecule has 266 valence electrons. The molecule has 0 fully saturated rings. The van der Waals surface area contributed by atoms with Gasteiger partial charge in [-0.2, -0.15) is 0 Å². The van der Waals surface area contributed by atoms with Crippen molar-refractivity contribution in [3.05, 3.63) is 117 Å². The van der Waals surface area contributed by atoms with E-state index in [4.69, 9.17) is 14.0 Å². The highest BCUT2D eigenvalue weighted by Crippen LogP contribution is 2.57. The average Bonchev–Trinajstić information content (AvgIpc) is 3.53. The van der Waals surface area contributed by atoms with Gasteiger partial charge in [-0.05, 0) is 61.5 Å². The Hall–Kier alpha value is -5.00. The molecular weight excluding hydrogens is 653 g/mol. The smallest absolute Gasteiger partial charge is 0.265 e. The van der Waals surface area contributed by atoms with Crippen LogP contribution in [-0.2, 0) is 19.6 Å². The molecule has 0 unspecified atom stereocenters. The Morgan fingerprint density at radius 3 is 2.29 bits per heavy atom. The first kappa shape index (κ1) is 34.4. The van der Waals surface area contributed by atoms with Gasteiger partial charge in [0, 0.05) is 29.7 Å². The van der Waals surface area contributed by atoms with E-state index in [1.165, 1.54) is 6.07 Å². The molecule has 1 aromatic heterocycles. The predicted molar refractivity (Wildman–Crippen MR) is 187 cm³/mol. The Labute approximate surface area is 295 Å². The third-order valence-corrected chi connectivity index (χ3v) is 10.3. The lowest BCUT2D eigenvalue weighted by molar-refractivity contribution is -0.0559. The Kier molecular flexibility index (Phi) is 9.19. The molecular formula is C40H42FN3O7. The topological polar surface area (TPSA) is 134 Å². The molecule has 0 amide bonds. The first-order chi connectivity index (χ1) is 24.5. The average molecular weight is 696 g/mol. The zero-order chi connectivity index (χ0) is 36.0. The van der Waals surface area contributed by atoms with Gasteiger partial charge in [0.2, 0.25) is 5.78 Å². The Balaban J connectivity index is 1.31. The number of hydrogen-bond acceptors (Lipinski definition) is 10. The van der Waals surface area contributed by atoms with E-state index in [-0.39, 0.29) is 65.7 Å². The molecule has 7 rings (SSSR count). The van der Waals surface area contributed by atoms with Gasteiger partial charge in [0.15, 0.2) is 22.9 Å². The fourth-order valence-corrected chi connectivity index (χ4v) is 7.77. The molecule has 11 heteroatoms. The van der Waals surface area contributed by atoms with E-state index in [2.05, 4.69) is 24.3 Å². The van der Waals surface area contributed by atoms with Crippen LogP contribution in [0.4, 0.5) is 10.1 Å². The van der Waals surface area contributed by atoms with Crippen LogP contribution in [0.5, 0.6) is 11.6 Å². The maximum absolute atomic E-state index is 16.1. The third kappa shape index (κ3) is 5.98. The number of fused-ring (bicyclic) bond motifs is 4. The van der Waals surface area contributed by atoms with Crippen LogP contribution in [0.15, 0.2) is 82.6 Å². The van der Waals surface area contributed by atoms with E-state index in [9.17, 15) is 19.8 Å². The molecule has 3 aliphatic rings. The van der Waals surface area contributed by atoms with Crippen LogP contribution >= 0.6 is 0 Å². The summed E-state index contributed by atoms with van der Waals surface area (Å²) in [6, 6.07) is 19.3. The summed E-state index contributed by atoms with van der Waals surface area (Å²) in [5.41, 5.74) is -0.585. The van der Waals surface area contributed by atoms with Gasteiger partial charge in [-0.25, -0.2) is 4.39 Å². The molecule has 0 saturated carbocycles. The van der Waals surface area contributed by atoms with Crippen molar-refractivity contribution in [1.82, 2.24) is 10.1 Å². The summed E-state index contributed by atoms with van der Waals surface area (Å²) in [5, 5.41) is 31.8. The molecule has 0 spiro atoms. The highest BCUT2D eigenvalue weighted by atomic mass is 19.1. The van der Waals surface area contributed by atoms with Crippen molar-refractivity contribution in [1.29, 1.82) is 0 Å². The number of halogens is 1. The second-order valence-corrected chi connectivity index (χ2v) is 14.3. The molecule has 3 aromatic carbocycles. The molecule has 4 atom stereocenters. The molecule has 3 aliphatic carbocycles. The molecule has 0 aliphatic heterocycles. The van der Waals surface area contributed by atoms with Crippen LogP contribution in [0.3, 0.4) is 0 Å². The highest BCUT2D eigenvalue weighted by molar-refractivity contribution is 6.16. The number of anilines is 1. The lowest BCUT2D eigenvalue weighted by Gasteiger charge is -2.49. The number of rotatable bonds is 11. The fraction of sp³-hybridized carbons (Fsp3) is 0.375. The number of nitrogens with one attached hydrogen (secondary N) is 1. The van der Waals surface area contributed by atoms with Crippen LogP contribution in [0.1, 0.15) is 75.9 Å².